The molecule has 4 saturated carbocycles. The lowest BCUT2D eigenvalue weighted by Gasteiger charge is -2.39. The number of fused-ring (bicyclic) bond motifs is 4. The largest absolute Gasteiger partial charge is 0.402 e. The smallest absolute Gasteiger partial charge is 0.170 e. The maximum atomic E-state index is 12.9. The van der Waals surface area contributed by atoms with Gasteiger partial charge in [-0.05, 0) is 99.2 Å². The van der Waals surface area contributed by atoms with Crippen molar-refractivity contribution in [3.05, 3.63) is 0 Å². The lowest BCUT2D eigenvalue weighted by molar-refractivity contribution is -0.340. The van der Waals surface area contributed by atoms with Gasteiger partial charge in [-0.3, -0.25) is 0 Å². The van der Waals surface area contributed by atoms with Gasteiger partial charge in [-0.2, -0.15) is 26.3 Å². The summed E-state index contributed by atoms with van der Waals surface area (Å²) >= 11 is 0. The van der Waals surface area contributed by atoms with Crippen LogP contribution in [0.4, 0.5) is 26.3 Å². The van der Waals surface area contributed by atoms with E-state index in [4.69, 9.17) is 0 Å². The van der Waals surface area contributed by atoms with Crippen molar-refractivity contribution in [3.8, 4) is 0 Å². The summed E-state index contributed by atoms with van der Waals surface area (Å²) in [6, 6.07) is 0. The quantitative estimate of drug-likeness (QED) is 0.405. The zero-order valence-electron chi connectivity index (χ0n) is 17.3. The van der Waals surface area contributed by atoms with Crippen LogP contribution >= 0.6 is 0 Å². The topological polar surface area (TPSA) is 0 Å². The minimum atomic E-state index is -5.24. The van der Waals surface area contributed by atoms with Crippen LogP contribution in [0.2, 0.25) is 0 Å². The molecule has 0 aromatic rings. The summed E-state index contributed by atoms with van der Waals surface area (Å²) in [5, 5.41) is 0. The van der Waals surface area contributed by atoms with Gasteiger partial charge in [0.1, 0.15) is 0 Å². The van der Waals surface area contributed by atoms with Crippen LogP contribution in [0.1, 0.15) is 72.6 Å². The van der Waals surface area contributed by atoms with Crippen molar-refractivity contribution >= 4 is 0 Å². The van der Waals surface area contributed by atoms with E-state index in [1.807, 2.05) is 6.92 Å². The predicted octanol–water partition coefficient (Wildman–Crippen LogP) is 7.88. The number of hydrogen-bond acceptors (Lipinski definition) is 0. The van der Waals surface area contributed by atoms with Crippen LogP contribution in [0.15, 0.2) is 0 Å². The molecule has 164 valence electrons. The Labute approximate surface area is 164 Å². The third-order valence-corrected chi connectivity index (χ3v) is 8.68. The zero-order chi connectivity index (χ0) is 21.1. The minimum Gasteiger partial charge on any atom is -0.170 e. The van der Waals surface area contributed by atoms with E-state index in [0.29, 0.717) is 19.3 Å². The molecule has 0 amide bonds. The van der Waals surface area contributed by atoms with Crippen molar-refractivity contribution < 1.29 is 26.3 Å². The summed E-state index contributed by atoms with van der Waals surface area (Å²) in [6.45, 7) is 7.11. The number of rotatable bonds is 2. The van der Waals surface area contributed by atoms with Crippen LogP contribution in [0.25, 0.3) is 0 Å². The maximum Gasteiger partial charge on any atom is 0.402 e. The maximum absolute atomic E-state index is 12.9. The van der Waals surface area contributed by atoms with E-state index in [-0.39, 0.29) is 11.8 Å². The highest BCUT2D eigenvalue weighted by molar-refractivity contribution is 4.99. The van der Waals surface area contributed by atoms with Gasteiger partial charge in [-0.1, -0.05) is 20.8 Å². The third kappa shape index (κ3) is 3.95. The van der Waals surface area contributed by atoms with Gasteiger partial charge in [0, 0.05) is 0 Å². The van der Waals surface area contributed by atoms with Gasteiger partial charge < -0.3 is 0 Å². The molecule has 0 aromatic carbocycles. The van der Waals surface area contributed by atoms with Gasteiger partial charge >= 0.3 is 12.4 Å². The van der Waals surface area contributed by atoms with Gasteiger partial charge in [0.15, 0.2) is 5.41 Å². The Bertz CT molecular complexity index is 524. The molecule has 6 unspecified atom stereocenters. The Morgan fingerprint density at radius 3 is 1.29 bits per heavy atom. The first kappa shape index (κ1) is 22.3. The summed E-state index contributed by atoms with van der Waals surface area (Å²) in [5.41, 5.74) is -3.57. The third-order valence-electron chi connectivity index (χ3n) is 8.68. The molecule has 0 spiro atoms. The van der Waals surface area contributed by atoms with E-state index in [9.17, 15) is 26.3 Å². The fourth-order valence-electron chi connectivity index (χ4n) is 7.12. The molecule has 0 nitrogen and oxygen atoms in total. The summed E-state index contributed by atoms with van der Waals surface area (Å²) in [4.78, 5) is 0. The first-order valence-corrected chi connectivity index (χ1v) is 10.9. The molecule has 0 saturated heterocycles. The molecular weight excluding hydrogens is 378 g/mol. The molecule has 0 aliphatic heterocycles. The van der Waals surface area contributed by atoms with E-state index in [0.717, 1.165) is 36.5 Å². The molecular formula is C22H34F6. The molecule has 0 aromatic heterocycles. The summed E-state index contributed by atoms with van der Waals surface area (Å²) < 4.78 is 77.2. The average Bonchev–Trinajstić information content (AvgIpc) is 3.25. The number of hydrogen-bond donors (Lipinski definition) is 0. The first-order chi connectivity index (χ1) is 12.7. The Balaban J connectivity index is 0.000000206. The SMILES string of the molecule is CC1CC2CC(C)C1C2.CC1CC2CC(CC(C)(C(F)(F)F)C(F)(F)F)C1C2. The number of halogens is 6. The van der Waals surface area contributed by atoms with E-state index < -0.39 is 30.1 Å². The monoisotopic (exact) mass is 412 g/mol. The Morgan fingerprint density at radius 1 is 0.607 bits per heavy atom. The highest BCUT2D eigenvalue weighted by atomic mass is 19.4. The van der Waals surface area contributed by atoms with Gasteiger partial charge in [0.2, 0.25) is 0 Å². The summed E-state index contributed by atoms with van der Waals surface area (Å²) in [6.07, 6.45) is -4.38. The molecule has 6 atom stereocenters. The van der Waals surface area contributed by atoms with Crippen LogP contribution in [0.5, 0.6) is 0 Å². The molecule has 4 aliphatic rings. The Hall–Kier alpha value is -0.420. The van der Waals surface area contributed by atoms with Gasteiger partial charge in [-0.25, -0.2) is 0 Å². The second kappa shape index (κ2) is 7.37. The van der Waals surface area contributed by atoms with Crippen LogP contribution < -0.4 is 0 Å². The molecule has 4 rings (SSSR count). The van der Waals surface area contributed by atoms with Crippen molar-refractivity contribution in [2.45, 2.75) is 85.0 Å². The van der Waals surface area contributed by atoms with E-state index in [1.165, 1.54) is 12.8 Å². The first-order valence-electron chi connectivity index (χ1n) is 10.9. The van der Waals surface area contributed by atoms with Crippen LogP contribution in [-0.4, -0.2) is 12.4 Å². The van der Waals surface area contributed by atoms with Gasteiger partial charge in [-0.15, -0.1) is 0 Å². The Kier molecular flexibility index (Phi) is 5.86. The fraction of sp³-hybridized carbons (Fsp3) is 1.00. The highest BCUT2D eigenvalue weighted by Crippen LogP contribution is 2.60. The number of alkyl halides is 6. The molecule has 0 radical (unpaired) electrons. The van der Waals surface area contributed by atoms with Crippen molar-refractivity contribution in [2.24, 2.45) is 52.8 Å². The standard InChI is InChI=1S/C13H18F6.C9H16/c1-7-3-8-4-9(10(7)5-8)6-11(2,12(14,15)16)13(17,18)19;1-6-3-8-4-7(2)9(6)5-8/h7-10H,3-6H2,1-2H3;6-9H,3-5H2,1-2H3. The Morgan fingerprint density at radius 2 is 1.00 bits per heavy atom. The van der Waals surface area contributed by atoms with Crippen LogP contribution in [0, 0.1) is 52.8 Å². The molecule has 0 N–H and O–H groups in total. The van der Waals surface area contributed by atoms with Crippen molar-refractivity contribution in [1.82, 2.24) is 0 Å². The van der Waals surface area contributed by atoms with Crippen LogP contribution in [0.3, 0.4) is 0 Å². The fourth-order valence-corrected chi connectivity index (χ4v) is 7.12. The normalized spacial score (nSPS) is 42.6. The van der Waals surface area contributed by atoms with E-state index >= 15 is 0 Å². The molecule has 0 heterocycles. The lowest BCUT2D eigenvalue weighted by Crippen LogP contribution is -2.49. The summed E-state index contributed by atoms with van der Waals surface area (Å²) in [7, 11) is 0. The molecule has 4 fully saturated rings. The second-order valence-electron chi connectivity index (χ2n) is 10.7. The molecule has 4 aliphatic carbocycles. The predicted molar refractivity (Wildman–Crippen MR) is 97.5 cm³/mol. The van der Waals surface area contributed by atoms with Crippen molar-refractivity contribution in [3.63, 3.8) is 0 Å². The molecule has 28 heavy (non-hydrogen) atoms. The molecule has 4 bridgehead atoms. The van der Waals surface area contributed by atoms with Crippen molar-refractivity contribution in [2.75, 3.05) is 0 Å². The van der Waals surface area contributed by atoms with Gasteiger partial charge in [0.25, 0.3) is 0 Å². The second-order valence-corrected chi connectivity index (χ2v) is 10.7. The zero-order valence-corrected chi connectivity index (χ0v) is 17.3. The molecule has 6 heteroatoms. The van der Waals surface area contributed by atoms with Crippen LogP contribution in [-0.2, 0) is 0 Å². The van der Waals surface area contributed by atoms with Crippen molar-refractivity contribution in [1.29, 1.82) is 0 Å². The average molecular weight is 413 g/mol. The lowest BCUT2D eigenvalue weighted by atomic mass is 9.71. The minimum absolute atomic E-state index is 0.0361. The van der Waals surface area contributed by atoms with Gasteiger partial charge in [0.05, 0.1) is 0 Å². The highest BCUT2D eigenvalue weighted by Gasteiger charge is 2.68. The summed E-state index contributed by atoms with van der Waals surface area (Å²) in [5.74, 6) is 4.52. The van der Waals surface area contributed by atoms with E-state index in [1.54, 1.807) is 6.42 Å². The van der Waals surface area contributed by atoms with E-state index in [2.05, 4.69) is 13.8 Å².